The molecule has 1 aromatic carbocycles. The number of benzene rings is 1. The summed E-state index contributed by atoms with van der Waals surface area (Å²) in [5.74, 6) is 0.648. The second kappa shape index (κ2) is 7.29. The number of carbonyl (C=O) groups is 1. The number of ether oxygens (including phenoxy) is 3. The van der Waals surface area contributed by atoms with Crippen molar-refractivity contribution in [1.82, 2.24) is 0 Å². The largest absolute Gasteiger partial charge is 0.497 e. The number of esters is 1. The van der Waals surface area contributed by atoms with Crippen LogP contribution in [0.2, 0.25) is 0 Å². The molecule has 1 heterocycles. The van der Waals surface area contributed by atoms with Crippen LogP contribution >= 0.6 is 0 Å². The molecule has 0 saturated carbocycles. The van der Waals surface area contributed by atoms with Crippen molar-refractivity contribution in [1.29, 1.82) is 0 Å². The Morgan fingerprint density at radius 1 is 1.40 bits per heavy atom. The molecule has 0 aliphatic carbocycles. The molecular formula is C16H22O4. The van der Waals surface area contributed by atoms with Crippen LogP contribution in [0.4, 0.5) is 0 Å². The number of hydrogen-bond acceptors (Lipinski definition) is 4. The summed E-state index contributed by atoms with van der Waals surface area (Å²) in [6.45, 7) is 3.31. The first-order chi connectivity index (χ1) is 9.74. The molecule has 0 bridgehead atoms. The Hall–Kier alpha value is -1.55. The minimum absolute atomic E-state index is 0.0246. The molecular weight excluding hydrogens is 256 g/mol. The zero-order valence-corrected chi connectivity index (χ0v) is 12.1. The molecule has 1 aliphatic rings. The zero-order chi connectivity index (χ0) is 14.4. The third-order valence-corrected chi connectivity index (χ3v) is 3.65. The normalized spacial score (nSPS) is 17.5. The van der Waals surface area contributed by atoms with E-state index in [4.69, 9.17) is 14.2 Å². The third kappa shape index (κ3) is 3.73. The van der Waals surface area contributed by atoms with Crippen molar-refractivity contribution < 1.29 is 19.0 Å². The zero-order valence-electron chi connectivity index (χ0n) is 12.1. The van der Waals surface area contributed by atoms with E-state index in [0.717, 1.165) is 30.6 Å². The summed E-state index contributed by atoms with van der Waals surface area (Å²) in [6, 6.07) is 7.69. The SMILES string of the molecule is CC[C@@H](OC(=O)C1CCOCC1)c1cccc(OC)c1. The summed E-state index contributed by atoms with van der Waals surface area (Å²) in [7, 11) is 1.63. The van der Waals surface area contributed by atoms with Crippen molar-refractivity contribution in [3.8, 4) is 5.75 Å². The van der Waals surface area contributed by atoms with E-state index in [2.05, 4.69) is 0 Å². The standard InChI is InChI=1S/C16H22O4/c1-3-15(13-5-4-6-14(11-13)18-2)20-16(17)12-7-9-19-10-8-12/h4-6,11-12,15H,3,7-10H2,1-2H3/t15-/m1/s1. The van der Waals surface area contributed by atoms with Gasteiger partial charge in [-0.15, -0.1) is 0 Å². The highest BCUT2D eigenvalue weighted by atomic mass is 16.5. The Morgan fingerprint density at radius 3 is 2.80 bits per heavy atom. The van der Waals surface area contributed by atoms with E-state index in [0.29, 0.717) is 13.2 Å². The van der Waals surface area contributed by atoms with E-state index < -0.39 is 0 Å². The fraction of sp³-hybridized carbons (Fsp3) is 0.562. The predicted octanol–water partition coefficient (Wildman–Crippen LogP) is 3.12. The highest BCUT2D eigenvalue weighted by Crippen LogP contribution is 2.27. The van der Waals surface area contributed by atoms with Crippen LogP contribution in [0.1, 0.15) is 37.9 Å². The average molecular weight is 278 g/mol. The molecule has 2 rings (SSSR count). The van der Waals surface area contributed by atoms with Gasteiger partial charge >= 0.3 is 5.97 Å². The van der Waals surface area contributed by atoms with Crippen LogP contribution in [0.5, 0.6) is 5.75 Å². The maximum absolute atomic E-state index is 12.2. The van der Waals surface area contributed by atoms with Gasteiger partial charge in [0.05, 0.1) is 13.0 Å². The van der Waals surface area contributed by atoms with E-state index in [1.54, 1.807) is 7.11 Å². The fourth-order valence-electron chi connectivity index (χ4n) is 2.40. The summed E-state index contributed by atoms with van der Waals surface area (Å²) in [5.41, 5.74) is 0.979. The number of methoxy groups -OCH3 is 1. The first-order valence-corrected chi connectivity index (χ1v) is 7.16. The Bertz CT molecular complexity index is 438. The van der Waals surface area contributed by atoms with Crippen LogP contribution in [-0.4, -0.2) is 26.3 Å². The van der Waals surface area contributed by atoms with Gasteiger partial charge in [-0.2, -0.15) is 0 Å². The van der Waals surface area contributed by atoms with Gasteiger partial charge < -0.3 is 14.2 Å². The molecule has 1 aromatic rings. The molecule has 0 unspecified atom stereocenters. The van der Waals surface area contributed by atoms with E-state index in [-0.39, 0.29) is 18.0 Å². The maximum Gasteiger partial charge on any atom is 0.309 e. The van der Waals surface area contributed by atoms with Gasteiger partial charge in [-0.05, 0) is 37.0 Å². The van der Waals surface area contributed by atoms with Gasteiger partial charge in [0.2, 0.25) is 0 Å². The van der Waals surface area contributed by atoms with Gasteiger partial charge in [-0.3, -0.25) is 4.79 Å². The van der Waals surface area contributed by atoms with Crippen LogP contribution in [0, 0.1) is 5.92 Å². The first kappa shape index (κ1) is 14.9. The lowest BCUT2D eigenvalue weighted by atomic mass is 10.00. The van der Waals surface area contributed by atoms with Crippen molar-refractivity contribution in [2.45, 2.75) is 32.3 Å². The van der Waals surface area contributed by atoms with Crippen LogP contribution < -0.4 is 4.74 Å². The van der Waals surface area contributed by atoms with Crippen molar-refractivity contribution in [2.24, 2.45) is 5.92 Å². The summed E-state index contributed by atoms with van der Waals surface area (Å²) in [5, 5.41) is 0. The smallest absolute Gasteiger partial charge is 0.309 e. The van der Waals surface area contributed by atoms with Gasteiger partial charge in [0.1, 0.15) is 11.9 Å². The van der Waals surface area contributed by atoms with Crippen molar-refractivity contribution >= 4 is 5.97 Å². The minimum Gasteiger partial charge on any atom is -0.497 e. The molecule has 4 heteroatoms. The van der Waals surface area contributed by atoms with Crippen LogP contribution in [0.25, 0.3) is 0 Å². The lowest BCUT2D eigenvalue weighted by Crippen LogP contribution is -2.26. The van der Waals surface area contributed by atoms with E-state index >= 15 is 0 Å². The van der Waals surface area contributed by atoms with Crippen molar-refractivity contribution in [2.75, 3.05) is 20.3 Å². The lowest BCUT2D eigenvalue weighted by Gasteiger charge is -2.24. The van der Waals surface area contributed by atoms with Gasteiger partial charge in [-0.1, -0.05) is 19.1 Å². The molecule has 0 N–H and O–H groups in total. The number of carbonyl (C=O) groups excluding carboxylic acids is 1. The summed E-state index contributed by atoms with van der Waals surface area (Å²) in [4.78, 5) is 12.2. The van der Waals surface area contributed by atoms with Crippen LogP contribution in [0.3, 0.4) is 0 Å². The Balaban J connectivity index is 2.02. The van der Waals surface area contributed by atoms with E-state index in [9.17, 15) is 4.79 Å². The molecule has 0 spiro atoms. The molecule has 1 saturated heterocycles. The summed E-state index contributed by atoms with van der Waals surface area (Å²) >= 11 is 0. The molecule has 0 radical (unpaired) electrons. The van der Waals surface area contributed by atoms with E-state index in [1.165, 1.54) is 0 Å². The molecule has 20 heavy (non-hydrogen) atoms. The highest BCUT2D eigenvalue weighted by Gasteiger charge is 2.25. The lowest BCUT2D eigenvalue weighted by molar-refractivity contribution is -0.157. The second-order valence-electron chi connectivity index (χ2n) is 5.00. The number of rotatable bonds is 5. The molecule has 0 aromatic heterocycles. The van der Waals surface area contributed by atoms with Crippen LogP contribution in [0.15, 0.2) is 24.3 Å². The van der Waals surface area contributed by atoms with E-state index in [1.807, 2.05) is 31.2 Å². The van der Waals surface area contributed by atoms with Gasteiger partial charge in [-0.25, -0.2) is 0 Å². The molecule has 1 fully saturated rings. The van der Waals surface area contributed by atoms with Gasteiger partial charge in [0.15, 0.2) is 0 Å². The summed E-state index contributed by atoms with van der Waals surface area (Å²) in [6.07, 6.45) is 2.06. The second-order valence-corrected chi connectivity index (χ2v) is 5.00. The molecule has 110 valence electrons. The Labute approximate surface area is 120 Å². The number of hydrogen-bond donors (Lipinski definition) is 0. The molecule has 4 nitrogen and oxygen atoms in total. The fourth-order valence-corrected chi connectivity index (χ4v) is 2.40. The van der Waals surface area contributed by atoms with Crippen LogP contribution in [-0.2, 0) is 14.3 Å². The molecule has 1 aliphatic heterocycles. The highest BCUT2D eigenvalue weighted by molar-refractivity contribution is 5.72. The maximum atomic E-state index is 12.2. The Kier molecular flexibility index (Phi) is 5.41. The van der Waals surface area contributed by atoms with Gasteiger partial charge in [0, 0.05) is 13.2 Å². The predicted molar refractivity (Wildman–Crippen MR) is 75.7 cm³/mol. The van der Waals surface area contributed by atoms with Crippen molar-refractivity contribution in [3.63, 3.8) is 0 Å². The Morgan fingerprint density at radius 2 is 2.15 bits per heavy atom. The minimum atomic E-state index is -0.208. The third-order valence-electron chi connectivity index (χ3n) is 3.65. The van der Waals surface area contributed by atoms with Gasteiger partial charge in [0.25, 0.3) is 0 Å². The quantitative estimate of drug-likeness (QED) is 0.776. The molecule has 0 amide bonds. The summed E-state index contributed by atoms with van der Waals surface area (Å²) < 4.78 is 16.2. The average Bonchev–Trinajstić information content (AvgIpc) is 2.53. The monoisotopic (exact) mass is 278 g/mol. The molecule has 1 atom stereocenters. The van der Waals surface area contributed by atoms with Crippen molar-refractivity contribution in [3.05, 3.63) is 29.8 Å². The first-order valence-electron chi connectivity index (χ1n) is 7.16. The topological polar surface area (TPSA) is 44.8 Å².